The molecular formula is C18H29Cl3FN3O2. The van der Waals surface area contributed by atoms with Crippen molar-refractivity contribution in [2.24, 2.45) is 5.73 Å². The molecule has 1 aromatic carbocycles. The van der Waals surface area contributed by atoms with Crippen LogP contribution in [0.3, 0.4) is 0 Å². The molecule has 27 heavy (non-hydrogen) atoms. The number of hydrogen-bond donors (Lipinski definition) is 2. The first-order chi connectivity index (χ1) is 11.9. The van der Waals surface area contributed by atoms with E-state index in [1.165, 1.54) is 6.07 Å². The van der Waals surface area contributed by atoms with Gasteiger partial charge in [-0.05, 0) is 32.4 Å². The number of nitrogens with one attached hydrogen (secondary N) is 1. The SMILES string of the molecule is CC(N)CCC(=O)NCC(c1c(F)cccc1Cl)N1CCOC(C)C1.Cl.Cl. The monoisotopic (exact) mass is 443 g/mol. The summed E-state index contributed by atoms with van der Waals surface area (Å²) < 4.78 is 20.0. The van der Waals surface area contributed by atoms with Gasteiger partial charge in [0.15, 0.2) is 0 Å². The van der Waals surface area contributed by atoms with Crippen molar-refractivity contribution in [2.45, 2.75) is 44.9 Å². The third-order valence-electron chi connectivity index (χ3n) is 4.37. The standard InChI is InChI=1S/C18H27ClFN3O2.2ClH/c1-12(21)6-7-17(24)22-10-16(23-8-9-25-13(2)11-23)18-14(19)4-3-5-15(18)20;;/h3-5,12-13,16H,6-11,21H2,1-2H3,(H,22,24);2*1H. The molecule has 156 valence electrons. The van der Waals surface area contributed by atoms with E-state index in [1.54, 1.807) is 12.1 Å². The molecule has 0 radical (unpaired) electrons. The highest BCUT2D eigenvalue weighted by molar-refractivity contribution is 6.31. The number of amides is 1. The van der Waals surface area contributed by atoms with Crippen LogP contribution < -0.4 is 11.1 Å². The lowest BCUT2D eigenvalue weighted by molar-refractivity contribution is -0.121. The number of hydrogen-bond acceptors (Lipinski definition) is 4. The molecule has 5 nitrogen and oxygen atoms in total. The minimum absolute atomic E-state index is 0. The number of benzene rings is 1. The summed E-state index contributed by atoms with van der Waals surface area (Å²) in [6.45, 7) is 6.03. The lowest BCUT2D eigenvalue weighted by atomic mass is 10.0. The second-order valence-electron chi connectivity index (χ2n) is 6.65. The van der Waals surface area contributed by atoms with Gasteiger partial charge in [-0.15, -0.1) is 24.8 Å². The van der Waals surface area contributed by atoms with Gasteiger partial charge in [0.25, 0.3) is 0 Å². The number of rotatable bonds is 7. The highest BCUT2D eigenvalue weighted by Crippen LogP contribution is 2.31. The Morgan fingerprint density at radius 3 is 2.78 bits per heavy atom. The molecule has 1 amide bonds. The summed E-state index contributed by atoms with van der Waals surface area (Å²) in [6.07, 6.45) is 1.02. The molecule has 1 saturated heterocycles. The lowest BCUT2D eigenvalue weighted by Crippen LogP contribution is -2.47. The van der Waals surface area contributed by atoms with Gasteiger partial charge in [-0.2, -0.15) is 0 Å². The number of morpholine rings is 1. The first-order valence-corrected chi connectivity index (χ1v) is 9.08. The van der Waals surface area contributed by atoms with E-state index in [0.717, 1.165) is 0 Å². The van der Waals surface area contributed by atoms with Gasteiger partial charge in [0, 0.05) is 42.7 Å². The fraction of sp³-hybridized carbons (Fsp3) is 0.611. The van der Waals surface area contributed by atoms with Crippen molar-refractivity contribution < 1.29 is 13.9 Å². The molecule has 1 aromatic rings. The third-order valence-corrected chi connectivity index (χ3v) is 4.70. The van der Waals surface area contributed by atoms with E-state index in [-0.39, 0.29) is 54.7 Å². The maximum Gasteiger partial charge on any atom is 0.220 e. The van der Waals surface area contributed by atoms with Crippen LogP contribution in [0.4, 0.5) is 4.39 Å². The number of halogens is 4. The quantitative estimate of drug-likeness (QED) is 0.677. The average Bonchev–Trinajstić information content (AvgIpc) is 2.55. The van der Waals surface area contributed by atoms with E-state index < -0.39 is 0 Å². The molecule has 2 rings (SSSR count). The second-order valence-corrected chi connectivity index (χ2v) is 7.05. The maximum atomic E-state index is 14.5. The first-order valence-electron chi connectivity index (χ1n) is 8.70. The molecular weight excluding hydrogens is 416 g/mol. The molecule has 1 aliphatic heterocycles. The van der Waals surface area contributed by atoms with Crippen molar-refractivity contribution in [1.29, 1.82) is 0 Å². The topological polar surface area (TPSA) is 67.6 Å². The molecule has 0 aromatic heterocycles. The van der Waals surface area contributed by atoms with Crippen LogP contribution in [0.25, 0.3) is 0 Å². The van der Waals surface area contributed by atoms with Gasteiger partial charge in [0.1, 0.15) is 5.82 Å². The van der Waals surface area contributed by atoms with Gasteiger partial charge in [0.2, 0.25) is 5.91 Å². The van der Waals surface area contributed by atoms with E-state index in [4.69, 9.17) is 22.1 Å². The minimum atomic E-state index is -0.360. The van der Waals surface area contributed by atoms with Crippen molar-refractivity contribution in [2.75, 3.05) is 26.2 Å². The second kappa shape index (κ2) is 12.8. The third kappa shape index (κ3) is 8.10. The summed E-state index contributed by atoms with van der Waals surface area (Å²) in [5, 5.41) is 3.27. The number of carbonyl (C=O) groups excluding carboxylic acids is 1. The van der Waals surface area contributed by atoms with Crippen LogP contribution in [0.15, 0.2) is 18.2 Å². The predicted octanol–water partition coefficient (Wildman–Crippen LogP) is 3.33. The molecule has 1 heterocycles. The normalized spacial score (nSPS) is 19.4. The van der Waals surface area contributed by atoms with Gasteiger partial charge in [-0.1, -0.05) is 17.7 Å². The molecule has 1 aliphatic rings. The van der Waals surface area contributed by atoms with Crippen LogP contribution in [0.1, 0.15) is 38.3 Å². The molecule has 9 heteroatoms. The average molecular weight is 445 g/mol. The Morgan fingerprint density at radius 1 is 1.48 bits per heavy atom. The maximum absolute atomic E-state index is 14.5. The van der Waals surface area contributed by atoms with Crippen LogP contribution in [-0.2, 0) is 9.53 Å². The zero-order valence-corrected chi connectivity index (χ0v) is 18.0. The molecule has 1 fully saturated rings. The Kier molecular flexibility index (Phi) is 12.5. The Morgan fingerprint density at radius 2 is 2.19 bits per heavy atom. The van der Waals surface area contributed by atoms with Crippen LogP contribution in [0, 0.1) is 5.82 Å². The van der Waals surface area contributed by atoms with Crippen LogP contribution in [0.2, 0.25) is 5.02 Å². The Labute approximate surface area is 178 Å². The largest absolute Gasteiger partial charge is 0.376 e. The van der Waals surface area contributed by atoms with Crippen LogP contribution in [-0.4, -0.2) is 49.2 Å². The van der Waals surface area contributed by atoms with Gasteiger partial charge in [0.05, 0.1) is 18.8 Å². The van der Waals surface area contributed by atoms with Crippen LogP contribution in [0.5, 0.6) is 0 Å². The van der Waals surface area contributed by atoms with E-state index in [1.807, 2.05) is 13.8 Å². The van der Waals surface area contributed by atoms with Crippen molar-refractivity contribution in [3.05, 3.63) is 34.6 Å². The number of nitrogens with zero attached hydrogens (tertiary/aromatic N) is 1. The summed E-state index contributed by atoms with van der Waals surface area (Å²) in [5.41, 5.74) is 6.11. The summed E-state index contributed by atoms with van der Waals surface area (Å²) in [7, 11) is 0. The smallest absolute Gasteiger partial charge is 0.220 e. The number of nitrogens with two attached hydrogens (primary N) is 1. The Hall–Kier alpha value is -0.630. The van der Waals surface area contributed by atoms with Gasteiger partial charge < -0.3 is 15.8 Å². The molecule has 3 unspecified atom stereocenters. The summed E-state index contributed by atoms with van der Waals surface area (Å²) in [6, 6.07) is 4.30. The van der Waals surface area contributed by atoms with Crippen molar-refractivity contribution in [1.82, 2.24) is 10.2 Å². The van der Waals surface area contributed by atoms with E-state index in [2.05, 4.69) is 10.2 Å². The molecule has 3 atom stereocenters. The van der Waals surface area contributed by atoms with E-state index in [0.29, 0.717) is 49.7 Å². The number of carbonyl (C=O) groups is 1. The summed E-state index contributed by atoms with van der Waals surface area (Å²) in [4.78, 5) is 14.2. The van der Waals surface area contributed by atoms with Crippen LogP contribution >= 0.6 is 36.4 Å². The van der Waals surface area contributed by atoms with Gasteiger partial charge in [-0.3, -0.25) is 9.69 Å². The molecule has 0 aliphatic carbocycles. The highest BCUT2D eigenvalue weighted by atomic mass is 35.5. The number of ether oxygens (including phenoxy) is 1. The predicted molar refractivity (Wildman–Crippen MR) is 112 cm³/mol. The minimum Gasteiger partial charge on any atom is -0.376 e. The van der Waals surface area contributed by atoms with Crippen molar-refractivity contribution in [3.8, 4) is 0 Å². The highest BCUT2D eigenvalue weighted by Gasteiger charge is 2.29. The zero-order valence-electron chi connectivity index (χ0n) is 15.6. The summed E-state index contributed by atoms with van der Waals surface area (Å²) >= 11 is 6.27. The van der Waals surface area contributed by atoms with Gasteiger partial charge in [-0.25, -0.2) is 4.39 Å². The van der Waals surface area contributed by atoms with E-state index in [9.17, 15) is 9.18 Å². The zero-order chi connectivity index (χ0) is 18.4. The first kappa shape index (κ1) is 26.4. The lowest BCUT2D eigenvalue weighted by Gasteiger charge is -2.38. The van der Waals surface area contributed by atoms with Crippen molar-refractivity contribution >= 4 is 42.3 Å². The molecule has 0 saturated carbocycles. The molecule has 0 spiro atoms. The van der Waals surface area contributed by atoms with E-state index >= 15 is 0 Å². The fourth-order valence-corrected chi connectivity index (χ4v) is 3.32. The van der Waals surface area contributed by atoms with Crippen molar-refractivity contribution in [3.63, 3.8) is 0 Å². The molecule has 0 bridgehead atoms. The fourth-order valence-electron chi connectivity index (χ4n) is 3.03. The van der Waals surface area contributed by atoms with Gasteiger partial charge >= 0.3 is 0 Å². The Bertz CT molecular complexity index is 573. The Balaban J connectivity index is 0.00000338. The molecule has 3 N–H and O–H groups in total. The summed E-state index contributed by atoms with van der Waals surface area (Å²) in [5.74, 6) is -0.447.